The molecule has 0 amide bonds. The Balaban J connectivity index is 1.63. The van der Waals surface area contributed by atoms with Crippen molar-refractivity contribution in [1.29, 1.82) is 0 Å². The molecule has 0 saturated heterocycles. The Morgan fingerprint density at radius 1 is 1.36 bits per heavy atom. The SMILES string of the molecule is Clc1ccccc1CSc1nncn1/N=C\[C@H]1CC=CCC1. The predicted molar refractivity (Wildman–Crippen MR) is 91.4 cm³/mol. The minimum absolute atomic E-state index is 0.508. The predicted octanol–water partition coefficient (Wildman–Crippen LogP) is 4.41. The van der Waals surface area contributed by atoms with Crippen LogP contribution in [-0.4, -0.2) is 21.1 Å². The van der Waals surface area contributed by atoms with E-state index in [4.69, 9.17) is 11.6 Å². The Bertz CT molecular complexity index is 680. The lowest BCUT2D eigenvalue weighted by Crippen LogP contribution is -2.05. The number of rotatable bonds is 5. The van der Waals surface area contributed by atoms with Gasteiger partial charge in [-0.25, -0.2) is 0 Å². The van der Waals surface area contributed by atoms with Gasteiger partial charge in [-0.05, 0) is 36.8 Å². The molecule has 0 fully saturated rings. The minimum atomic E-state index is 0.508. The van der Waals surface area contributed by atoms with E-state index in [1.165, 1.54) is 0 Å². The van der Waals surface area contributed by atoms with Crippen LogP contribution < -0.4 is 0 Å². The fourth-order valence-electron chi connectivity index (χ4n) is 2.27. The van der Waals surface area contributed by atoms with Crippen molar-refractivity contribution in [2.24, 2.45) is 11.0 Å². The van der Waals surface area contributed by atoms with E-state index in [0.29, 0.717) is 5.92 Å². The van der Waals surface area contributed by atoms with E-state index in [0.717, 1.165) is 40.8 Å². The number of hydrogen-bond acceptors (Lipinski definition) is 4. The summed E-state index contributed by atoms with van der Waals surface area (Å²) in [4.78, 5) is 0. The van der Waals surface area contributed by atoms with Crippen LogP contribution in [-0.2, 0) is 5.75 Å². The van der Waals surface area contributed by atoms with Crippen molar-refractivity contribution >= 4 is 29.6 Å². The van der Waals surface area contributed by atoms with Gasteiger partial charge in [0.2, 0.25) is 5.16 Å². The fourth-order valence-corrected chi connectivity index (χ4v) is 3.42. The molecule has 1 aliphatic rings. The lowest BCUT2D eigenvalue weighted by molar-refractivity contribution is 0.618. The number of halogens is 1. The number of aromatic nitrogens is 3. The molecular weight excluding hydrogens is 316 g/mol. The maximum absolute atomic E-state index is 6.17. The summed E-state index contributed by atoms with van der Waals surface area (Å²) in [6, 6.07) is 7.84. The topological polar surface area (TPSA) is 43.1 Å². The minimum Gasteiger partial charge on any atom is -0.195 e. The summed E-state index contributed by atoms with van der Waals surface area (Å²) in [6.45, 7) is 0. The van der Waals surface area contributed by atoms with Gasteiger partial charge in [-0.1, -0.05) is 53.7 Å². The van der Waals surface area contributed by atoms with Crippen molar-refractivity contribution in [3.63, 3.8) is 0 Å². The fraction of sp³-hybridized carbons (Fsp3) is 0.312. The van der Waals surface area contributed by atoms with Crippen LogP contribution in [0, 0.1) is 5.92 Å². The molecule has 3 rings (SSSR count). The smallest absolute Gasteiger partial charge is 0.195 e. The molecule has 2 aromatic rings. The van der Waals surface area contributed by atoms with Crippen molar-refractivity contribution in [1.82, 2.24) is 14.9 Å². The zero-order chi connectivity index (χ0) is 15.2. The molecule has 114 valence electrons. The second-order valence-corrected chi connectivity index (χ2v) is 6.50. The Morgan fingerprint density at radius 2 is 2.27 bits per heavy atom. The lowest BCUT2D eigenvalue weighted by Gasteiger charge is -2.11. The molecule has 0 bridgehead atoms. The van der Waals surface area contributed by atoms with Gasteiger partial charge in [-0.3, -0.25) is 0 Å². The van der Waals surface area contributed by atoms with E-state index in [-0.39, 0.29) is 0 Å². The lowest BCUT2D eigenvalue weighted by atomic mass is 9.96. The summed E-state index contributed by atoms with van der Waals surface area (Å²) in [6.07, 6.45) is 11.5. The summed E-state index contributed by atoms with van der Waals surface area (Å²) in [5.74, 6) is 1.26. The van der Waals surface area contributed by atoms with Crippen LogP contribution >= 0.6 is 23.4 Å². The average molecular weight is 333 g/mol. The van der Waals surface area contributed by atoms with Crippen molar-refractivity contribution < 1.29 is 0 Å². The largest absolute Gasteiger partial charge is 0.212 e. The van der Waals surface area contributed by atoms with Crippen molar-refractivity contribution in [2.45, 2.75) is 30.2 Å². The van der Waals surface area contributed by atoms with Gasteiger partial charge in [-0.2, -0.15) is 9.78 Å². The Labute approximate surface area is 139 Å². The highest BCUT2D eigenvalue weighted by atomic mass is 35.5. The Kier molecular flexibility index (Phi) is 5.29. The number of allylic oxidation sites excluding steroid dienone is 2. The van der Waals surface area contributed by atoms with Crippen LogP contribution in [0.2, 0.25) is 5.02 Å². The molecule has 1 aromatic heterocycles. The first-order valence-electron chi connectivity index (χ1n) is 7.28. The molecule has 6 heteroatoms. The first-order valence-corrected chi connectivity index (χ1v) is 8.65. The zero-order valence-corrected chi connectivity index (χ0v) is 13.7. The number of nitrogens with zero attached hydrogens (tertiary/aromatic N) is 4. The summed E-state index contributed by atoms with van der Waals surface area (Å²) in [5.41, 5.74) is 1.09. The molecule has 1 heterocycles. The summed E-state index contributed by atoms with van der Waals surface area (Å²) in [7, 11) is 0. The maximum Gasteiger partial charge on any atom is 0.212 e. The standard InChI is InChI=1S/C16H17ClN4S/c17-15-9-5-4-8-14(15)11-22-16-20-18-12-21(16)19-10-13-6-2-1-3-7-13/h1-2,4-5,8-10,12-13H,3,6-7,11H2/b19-10-/t13-/m0/s1. The molecule has 0 radical (unpaired) electrons. The molecule has 0 spiro atoms. The molecule has 0 saturated carbocycles. The van der Waals surface area contributed by atoms with Crippen molar-refractivity contribution in [3.8, 4) is 0 Å². The van der Waals surface area contributed by atoms with Crippen LogP contribution in [0.5, 0.6) is 0 Å². The van der Waals surface area contributed by atoms with Gasteiger partial charge in [0, 0.05) is 17.0 Å². The van der Waals surface area contributed by atoms with E-state index in [1.54, 1.807) is 22.8 Å². The second kappa shape index (κ2) is 7.61. The third kappa shape index (κ3) is 3.99. The van der Waals surface area contributed by atoms with E-state index >= 15 is 0 Å². The molecule has 0 aliphatic heterocycles. The second-order valence-electron chi connectivity index (χ2n) is 5.15. The third-order valence-corrected chi connectivity index (χ3v) is 4.88. The molecule has 1 atom stereocenters. The molecular formula is C16H17ClN4S. The van der Waals surface area contributed by atoms with Gasteiger partial charge >= 0.3 is 0 Å². The van der Waals surface area contributed by atoms with E-state index in [1.807, 2.05) is 30.5 Å². The van der Waals surface area contributed by atoms with Gasteiger partial charge < -0.3 is 0 Å². The van der Waals surface area contributed by atoms with Gasteiger partial charge in [0.1, 0.15) is 6.33 Å². The molecule has 0 N–H and O–H groups in total. The maximum atomic E-state index is 6.17. The number of hydrogen-bond donors (Lipinski definition) is 0. The molecule has 1 aliphatic carbocycles. The van der Waals surface area contributed by atoms with Crippen LogP contribution in [0.1, 0.15) is 24.8 Å². The quantitative estimate of drug-likeness (QED) is 0.462. The van der Waals surface area contributed by atoms with Gasteiger partial charge in [0.15, 0.2) is 0 Å². The summed E-state index contributed by atoms with van der Waals surface area (Å²) in [5, 5.41) is 14.1. The highest BCUT2D eigenvalue weighted by Gasteiger charge is 2.09. The van der Waals surface area contributed by atoms with Gasteiger partial charge in [-0.15, -0.1) is 10.2 Å². The molecule has 22 heavy (non-hydrogen) atoms. The zero-order valence-electron chi connectivity index (χ0n) is 12.1. The van der Waals surface area contributed by atoms with Crippen molar-refractivity contribution in [2.75, 3.05) is 0 Å². The third-order valence-electron chi connectivity index (χ3n) is 3.53. The summed E-state index contributed by atoms with van der Waals surface area (Å²) >= 11 is 7.76. The Morgan fingerprint density at radius 3 is 3.09 bits per heavy atom. The highest BCUT2D eigenvalue weighted by Crippen LogP contribution is 2.25. The van der Waals surface area contributed by atoms with Crippen molar-refractivity contribution in [3.05, 3.63) is 53.3 Å². The highest BCUT2D eigenvalue weighted by molar-refractivity contribution is 7.98. The van der Waals surface area contributed by atoms with Crippen LogP contribution in [0.3, 0.4) is 0 Å². The van der Waals surface area contributed by atoms with E-state index in [2.05, 4.69) is 27.5 Å². The van der Waals surface area contributed by atoms with Crippen LogP contribution in [0.25, 0.3) is 0 Å². The number of thioether (sulfide) groups is 1. The first kappa shape index (κ1) is 15.3. The van der Waals surface area contributed by atoms with E-state index < -0.39 is 0 Å². The summed E-state index contributed by atoms with van der Waals surface area (Å²) < 4.78 is 1.74. The molecule has 1 aromatic carbocycles. The first-order chi connectivity index (χ1) is 10.8. The normalized spacial score (nSPS) is 18.1. The average Bonchev–Trinajstić information content (AvgIpc) is 3.01. The van der Waals surface area contributed by atoms with Gasteiger partial charge in [0.05, 0.1) is 0 Å². The number of benzene rings is 1. The van der Waals surface area contributed by atoms with E-state index in [9.17, 15) is 0 Å². The molecule has 4 nitrogen and oxygen atoms in total. The van der Waals surface area contributed by atoms with Crippen LogP contribution in [0.4, 0.5) is 0 Å². The molecule has 0 unspecified atom stereocenters. The monoisotopic (exact) mass is 332 g/mol. The van der Waals surface area contributed by atoms with Gasteiger partial charge in [0.25, 0.3) is 0 Å². The van der Waals surface area contributed by atoms with Crippen LogP contribution in [0.15, 0.2) is 53.0 Å². The Hall–Kier alpha value is -1.59.